The van der Waals surface area contributed by atoms with E-state index < -0.39 is 5.60 Å². The lowest BCUT2D eigenvalue weighted by atomic mass is 9.95. The van der Waals surface area contributed by atoms with E-state index in [0.717, 1.165) is 22.5 Å². The van der Waals surface area contributed by atoms with Gasteiger partial charge in [0.25, 0.3) is 0 Å². The summed E-state index contributed by atoms with van der Waals surface area (Å²) in [6.07, 6.45) is 3.82. The van der Waals surface area contributed by atoms with Gasteiger partial charge in [0.15, 0.2) is 0 Å². The van der Waals surface area contributed by atoms with Crippen molar-refractivity contribution in [2.24, 2.45) is 0 Å². The molecule has 1 aromatic carbocycles. The Balaban J connectivity index is 1.52. The maximum atomic E-state index is 14.7. The van der Waals surface area contributed by atoms with Gasteiger partial charge in [0.1, 0.15) is 11.4 Å². The number of piperazine rings is 1. The third kappa shape index (κ3) is 5.18. The smallest absolute Gasteiger partial charge is 0.410 e. The Bertz CT molecular complexity index is 1020. The van der Waals surface area contributed by atoms with Crippen LogP contribution in [0.4, 0.5) is 20.6 Å². The Morgan fingerprint density at radius 1 is 1.12 bits per heavy atom. The normalized spacial score (nSPS) is 18.5. The Morgan fingerprint density at radius 3 is 2.50 bits per heavy atom. The molecule has 2 aliphatic heterocycles. The molecule has 0 radical (unpaired) electrons. The fourth-order valence-electron chi connectivity index (χ4n) is 4.58. The van der Waals surface area contributed by atoms with Crippen LogP contribution in [0, 0.1) is 5.82 Å². The average molecular weight is 472 g/mol. The molecule has 4 rings (SSSR count). The lowest BCUT2D eigenvalue weighted by Crippen LogP contribution is -2.55. The zero-order chi connectivity index (χ0) is 24.5. The van der Waals surface area contributed by atoms with Crippen LogP contribution >= 0.6 is 0 Å². The summed E-state index contributed by atoms with van der Waals surface area (Å²) in [6, 6.07) is 3.76. The number of hydrogen-bond donors (Lipinski definition) is 0. The topological polar surface area (TPSA) is 71.0 Å². The van der Waals surface area contributed by atoms with Crippen molar-refractivity contribution < 1.29 is 18.7 Å². The summed E-state index contributed by atoms with van der Waals surface area (Å²) >= 11 is 0. The van der Waals surface area contributed by atoms with Gasteiger partial charge in [-0.05, 0) is 58.7 Å². The van der Waals surface area contributed by atoms with E-state index in [1.165, 1.54) is 0 Å². The van der Waals surface area contributed by atoms with E-state index in [0.29, 0.717) is 51.8 Å². The van der Waals surface area contributed by atoms with Gasteiger partial charge in [-0.3, -0.25) is 0 Å². The number of benzene rings is 1. The van der Waals surface area contributed by atoms with Gasteiger partial charge < -0.3 is 24.2 Å². The summed E-state index contributed by atoms with van der Waals surface area (Å²) < 4.78 is 25.7. The highest BCUT2D eigenvalue weighted by Crippen LogP contribution is 2.34. The Labute approximate surface area is 200 Å². The number of carbonyl (C=O) groups is 1. The number of anilines is 2. The van der Waals surface area contributed by atoms with E-state index in [1.54, 1.807) is 23.4 Å². The molecule has 0 spiro atoms. The number of fused-ring (bicyclic) bond motifs is 1. The quantitative estimate of drug-likeness (QED) is 0.667. The van der Waals surface area contributed by atoms with Crippen LogP contribution in [-0.2, 0) is 17.7 Å². The molecule has 2 aliphatic rings. The van der Waals surface area contributed by atoms with E-state index >= 15 is 0 Å². The van der Waals surface area contributed by atoms with Crippen molar-refractivity contribution in [2.75, 3.05) is 42.6 Å². The van der Waals surface area contributed by atoms with Crippen LogP contribution in [-0.4, -0.2) is 65.4 Å². The van der Waals surface area contributed by atoms with E-state index in [1.807, 2.05) is 40.7 Å². The molecule has 184 valence electrons. The highest BCUT2D eigenvalue weighted by Gasteiger charge is 2.33. The van der Waals surface area contributed by atoms with Gasteiger partial charge in [-0.2, -0.15) is 0 Å². The lowest BCUT2D eigenvalue weighted by molar-refractivity contribution is 0.0159. The SMILES string of the molecule is CCOc1ncc(N2CCc3c(F)ccc(N4CCN(C(=O)OC(C)(C)C)[C@H](C)C4)c3C2)cn1. The molecule has 2 aromatic rings. The number of ether oxygens (including phenoxy) is 2. The van der Waals surface area contributed by atoms with Crippen molar-refractivity contribution in [3.63, 3.8) is 0 Å². The second kappa shape index (κ2) is 9.64. The lowest BCUT2D eigenvalue weighted by Gasteiger charge is -2.43. The van der Waals surface area contributed by atoms with Gasteiger partial charge in [-0.1, -0.05) is 0 Å². The molecule has 1 fully saturated rings. The number of aromatic nitrogens is 2. The molecule has 1 aromatic heterocycles. The standard InChI is InChI=1S/C25H34FN5O3/c1-6-33-23-27-13-18(14-28-23)29-10-9-19-20(16-29)22(8-7-21(19)26)30-11-12-31(17(2)15-30)24(32)34-25(3,4)5/h7-8,13-14,17H,6,9-12,15-16H2,1-5H3/t17-/m1/s1. The minimum atomic E-state index is -0.530. The third-order valence-corrected chi connectivity index (χ3v) is 6.18. The molecule has 0 bridgehead atoms. The molecule has 0 aliphatic carbocycles. The largest absolute Gasteiger partial charge is 0.464 e. The van der Waals surface area contributed by atoms with E-state index in [-0.39, 0.29) is 18.0 Å². The summed E-state index contributed by atoms with van der Waals surface area (Å²) in [6.45, 7) is 13.2. The first-order chi connectivity index (χ1) is 16.2. The molecule has 0 saturated carbocycles. The molecular weight excluding hydrogens is 437 g/mol. The van der Waals surface area contributed by atoms with Crippen molar-refractivity contribution in [3.8, 4) is 6.01 Å². The van der Waals surface area contributed by atoms with Crippen molar-refractivity contribution >= 4 is 17.5 Å². The minimum absolute atomic E-state index is 0.0245. The van der Waals surface area contributed by atoms with E-state index in [2.05, 4.69) is 19.8 Å². The van der Waals surface area contributed by atoms with Gasteiger partial charge in [0.2, 0.25) is 0 Å². The molecule has 8 nitrogen and oxygen atoms in total. The minimum Gasteiger partial charge on any atom is -0.464 e. The predicted octanol–water partition coefficient (Wildman–Crippen LogP) is 4.02. The van der Waals surface area contributed by atoms with Crippen LogP contribution < -0.4 is 14.5 Å². The first-order valence-electron chi connectivity index (χ1n) is 11.9. The van der Waals surface area contributed by atoms with Crippen molar-refractivity contribution in [1.82, 2.24) is 14.9 Å². The number of amides is 1. The maximum absolute atomic E-state index is 14.7. The number of halogens is 1. The van der Waals surface area contributed by atoms with Crippen LogP contribution in [0.1, 0.15) is 45.7 Å². The number of rotatable bonds is 4. The van der Waals surface area contributed by atoms with Gasteiger partial charge in [0.05, 0.1) is 24.7 Å². The van der Waals surface area contributed by atoms with Crippen LogP contribution in [0.2, 0.25) is 0 Å². The van der Waals surface area contributed by atoms with Crippen molar-refractivity contribution in [1.29, 1.82) is 0 Å². The summed E-state index contributed by atoms with van der Waals surface area (Å²) in [5.74, 6) is -0.165. The molecule has 0 N–H and O–H groups in total. The van der Waals surface area contributed by atoms with Gasteiger partial charge >= 0.3 is 12.1 Å². The summed E-state index contributed by atoms with van der Waals surface area (Å²) in [5.41, 5.74) is 3.12. The van der Waals surface area contributed by atoms with Gasteiger partial charge in [-0.25, -0.2) is 19.2 Å². The molecule has 1 saturated heterocycles. The zero-order valence-electron chi connectivity index (χ0n) is 20.7. The van der Waals surface area contributed by atoms with E-state index in [9.17, 15) is 9.18 Å². The second-order valence-electron chi connectivity index (χ2n) is 9.82. The first kappa shape index (κ1) is 24.0. The number of carbonyl (C=O) groups excluding carboxylic acids is 1. The zero-order valence-corrected chi connectivity index (χ0v) is 20.7. The second-order valence-corrected chi connectivity index (χ2v) is 9.82. The van der Waals surface area contributed by atoms with Crippen molar-refractivity contribution in [3.05, 3.63) is 41.5 Å². The van der Waals surface area contributed by atoms with Crippen molar-refractivity contribution in [2.45, 2.75) is 59.2 Å². The highest BCUT2D eigenvalue weighted by molar-refractivity contribution is 5.69. The molecule has 1 atom stereocenters. The molecule has 1 amide bonds. The molecule has 0 unspecified atom stereocenters. The fourth-order valence-corrected chi connectivity index (χ4v) is 4.58. The summed E-state index contributed by atoms with van der Waals surface area (Å²) in [5, 5.41) is 0. The Morgan fingerprint density at radius 2 is 1.85 bits per heavy atom. The summed E-state index contributed by atoms with van der Waals surface area (Å²) in [7, 11) is 0. The monoisotopic (exact) mass is 471 g/mol. The van der Waals surface area contributed by atoms with Crippen LogP contribution in [0.25, 0.3) is 0 Å². The maximum Gasteiger partial charge on any atom is 0.410 e. The van der Waals surface area contributed by atoms with Crippen LogP contribution in [0.5, 0.6) is 6.01 Å². The predicted molar refractivity (Wildman–Crippen MR) is 129 cm³/mol. The number of nitrogens with zero attached hydrogens (tertiary/aromatic N) is 5. The van der Waals surface area contributed by atoms with Gasteiger partial charge in [0, 0.05) is 50.0 Å². The fraction of sp³-hybridized carbons (Fsp3) is 0.560. The first-order valence-corrected chi connectivity index (χ1v) is 11.9. The molecule has 34 heavy (non-hydrogen) atoms. The number of hydrogen-bond acceptors (Lipinski definition) is 7. The molecule has 9 heteroatoms. The third-order valence-electron chi connectivity index (χ3n) is 6.18. The molecule has 3 heterocycles. The Hall–Kier alpha value is -3.10. The van der Waals surface area contributed by atoms with Gasteiger partial charge in [-0.15, -0.1) is 0 Å². The van der Waals surface area contributed by atoms with Crippen LogP contribution in [0.3, 0.4) is 0 Å². The average Bonchev–Trinajstić information content (AvgIpc) is 2.78. The summed E-state index contributed by atoms with van der Waals surface area (Å²) in [4.78, 5) is 27.4. The Kier molecular flexibility index (Phi) is 6.81. The van der Waals surface area contributed by atoms with E-state index in [4.69, 9.17) is 9.47 Å². The van der Waals surface area contributed by atoms with Crippen LogP contribution in [0.15, 0.2) is 24.5 Å². The molecular formula is C25H34FN5O3. The highest BCUT2D eigenvalue weighted by atomic mass is 19.1.